The van der Waals surface area contributed by atoms with Crippen LogP contribution in [-0.2, 0) is 4.79 Å². The summed E-state index contributed by atoms with van der Waals surface area (Å²) in [4.78, 5) is 28.7. The van der Waals surface area contributed by atoms with Gasteiger partial charge in [-0.3, -0.25) is 9.59 Å². The van der Waals surface area contributed by atoms with Crippen LogP contribution in [0, 0.1) is 5.92 Å². The molecule has 6 nitrogen and oxygen atoms in total. The van der Waals surface area contributed by atoms with Crippen LogP contribution in [0.15, 0.2) is 41.8 Å². The van der Waals surface area contributed by atoms with E-state index in [0.29, 0.717) is 24.5 Å². The summed E-state index contributed by atoms with van der Waals surface area (Å²) in [5, 5.41) is 7.91. The maximum atomic E-state index is 12.8. The lowest BCUT2D eigenvalue weighted by Gasteiger charge is -2.26. The normalized spacial score (nSPS) is 13.2. The maximum Gasteiger partial charge on any atom is 0.251 e. The lowest BCUT2D eigenvalue weighted by atomic mass is 10.0. The Bertz CT molecular complexity index is 773. The molecule has 0 unspecified atom stereocenters. The summed E-state index contributed by atoms with van der Waals surface area (Å²) < 4.78 is 5.40. The fourth-order valence-corrected chi connectivity index (χ4v) is 3.88. The van der Waals surface area contributed by atoms with Gasteiger partial charge in [0.05, 0.1) is 12.6 Å². The third kappa shape index (κ3) is 6.58. The van der Waals surface area contributed by atoms with Gasteiger partial charge in [0.1, 0.15) is 11.8 Å². The molecular weight excluding hydrogens is 386 g/mol. The number of ether oxygens (including phenoxy) is 1. The molecule has 0 aliphatic heterocycles. The molecule has 1 aromatic heterocycles. The van der Waals surface area contributed by atoms with Crippen molar-refractivity contribution in [1.82, 2.24) is 15.5 Å². The monoisotopic (exact) mass is 417 g/mol. The van der Waals surface area contributed by atoms with E-state index in [4.69, 9.17) is 4.74 Å². The minimum atomic E-state index is -0.611. The summed E-state index contributed by atoms with van der Waals surface area (Å²) in [7, 11) is 3.98. The molecule has 2 atom stereocenters. The highest BCUT2D eigenvalue weighted by Crippen LogP contribution is 2.22. The van der Waals surface area contributed by atoms with Crippen LogP contribution in [0.25, 0.3) is 0 Å². The molecule has 0 radical (unpaired) electrons. The number of likely N-dealkylation sites (N-methyl/N-ethyl adjacent to an activating group) is 1. The molecule has 0 aliphatic carbocycles. The van der Waals surface area contributed by atoms with Crippen molar-refractivity contribution < 1.29 is 14.3 Å². The molecule has 0 spiro atoms. The Morgan fingerprint density at radius 3 is 2.34 bits per heavy atom. The number of amides is 2. The van der Waals surface area contributed by atoms with Gasteiger partial charge in [0.15, 0.2) is 0 Å². The van der Waals surface area contributed by atoms with Gasteiger partial charge >= 0.3 is 0 Å². The summed E-state index contributed by atoms with van der Waals surface area (Å²) in [5.74, 6) is 0.221. The Morgan fingerprint density at radius 2 is 1.83 bits per heavy atom. The molecule has 1 aromatic carbocycles. The first-order valence-electron chi connectivity index (χ1n) is 9.84. The molecule has 7 heteroatoms. The molecule has 0 saturated heterocycles. The van der Waals surface area contributed by atoms with Gasteiger partial charge in [0, 0.05) is 17.0 Å². The Balaban J connectivity index is 2.00. The standard InChI is InChI=1S/C22H31N3O3S/c1-6-28-17-11-9-16(10-12-17)21(26)24-20(15(2)3)22(27)23-14-18(25(4)5)19-8-7-13-29-19/h7-13,15,18,20H,6,14H2,1-5H3,(H,23,27)(H,24,26)/t18-,20+/m1/s1. The van der Waals surface area contributed by atoms with Crippen molar-refractivity contribution in [2.45, 2.75) is 32.9 Å². The second-order valence-electron chi connectivity index (χ2n) is 7.39. The van der Waals surface area contributed by atoms with Crippen LogP contribution in [0.5, 0.6) is 5.75 Å². The summed E-state index contributed by atoms with van der Waals surface area (Å²) in [6.07, 6.45) is 0. The lowest BCUT2D eigenvalue weighted by Crippen LogP contribution is -2.50. The zero-order chi connectivity index (χ0) is 21.4. The van der Waals surface area contributed by atoms with Crippen LogP contribution in [0.1, 0.15) is 42.0 Å². The van der Waals surface area contributed by atoms with Gasteiger partial charge in [-0.25, -0.2) is 0 Å². The van der Waals surface area contributed by atoms with Gasteiger partial charge in [-0.15, -0.1) is 11.3 Å². The minimum absolute atomic E-state index is 0.0406. The largest absolute Gasteiger partial charge is 0.494 e. The minimum Gasteiger partial charge on any atom is -0.494 e. The van der Waals surface area contributed by atoms with E-state index in [1.807, 2.05) is 46.3 Å². The van der Waals surface area contributed by atoms with E-state index in [1.165, 1.54) is 4.88 Å². The molecule has 29 heavy (non-hydrogen) atoms. The van der Waals surface area contributed by atoms with Crippen molar-refractivity contribution >= 4 is 23.2 Å². The Hall–Kier alpha value is -2.38. The number of rotatable bonds is 10. The maximum absolute atomic E-state index is 12.8. The molecule has 2 rings (SSSR count). The fourth-order valence-electron chi connectivity index (χ4n) is 2.95. The second-order valence-corrected chi connectivity index (χ2v) is 8.37. The first-order valence-corrected chi connectivity index (χ1v) is 10.7. The van der Waals surface area contributed by atoms with Crippen LogP contribution >= 0.6 is 11.3 Å². The fraction of sp³-hybridized carbons (Fsp3) is 0.455. The zero-order valence-electron chi connectivity index (χ0n) is 17.8. The quantitative estimate of drug-likeness (QED) is 0.622. The predicted molar refractivity (Wildman–Crippen MR) is 117 cm³/mol. The summed E-state index contributed by atoms with van der Waals surface area (Å²) in [5.41, 5.74) is 0.497. The van der Waals surface area contributed by atoms with Crippen LogP contribution in [0.3, 0.4) is 0 Å². The van der Waals surface area contributed by atoms with E-state index in [2.05, 4.69) is 21.6 Å². The summed E-state index contributed by atoms with van der Waals surface area (Å²) >= 11 is 1.67. The van der Waals surface area contributed by atoms with E-state index in [0.717, 1.165) is 0 Å². The van der Waals surface area contributed by atoms with E-state index in [-0.39, 0.29) is 23.8 Å². The molecule has 2 aromatic rings. The van der Waals surface area contributed by atoms with Crippen LogP contribution < -0.4 is 15.4 Å². The number of carbonyl (C=O) groups is 2. The molecule has 0 bridgehead atoms. The highest BCUT2D eigenvalue weighted by Gasteiger charge is 2.26. The number of nitrogens with one attached hydrogen (secondary N) is 2. The van der Waals surface area contributed by atoms with E-state index in [1.54, 1.807) is 35.6 Å². The smallest absolute Gasteiger partial charge is 0.251 e. The third-order valence-corrected chi connectivity index (χ3v) is 5.60. The van der Waals surface area contributed by atoms with Gasteiger partial charge in [-0.1, -0.05) is 19.9 Å². The van der Waals surface area contributed by atoms with Gasteiger partial charge in [0.25, 0.3) is 5.91 Å². The number of thiophene rings is 1. The van der Waals surface area contributed by atoms with Gasteiger partial charge < -0.3 is 20.3 Å². The molecule has 2 N–H and O–H groups in total. The Kier molecular flexibility index (Phi) is 8.67. The zero-order valence-corrected chi connectivity index (χ0v) is 18.6. The molecule has 158 valence electrons. The number of benzene rings is 1. The molecule has 0 fully saturated rings. The SMILES string of the molecule is CCOc1ccc(C(=O)N[C@H](C(=O)NC[C@H](c2cccs2)N(C)C)C(C)C)cc1. The lowest BCUT2D eigenvalue weighted by molar-refractivity contribution is -0.124. The van der Waals surface area contributed by atoms with E-state index < -0.39 is 6.04 Å². The van der Waals surface area contributed by atoms with Crippen LogP contribution in [0.2, 0.25) is 0 Å². The van der Waals surface area contributed by atoms with Gasteiger partial charge in [-0.2, -0.15) is 0 Å². The Morgan fingerprint density at radius 1 is 1.14 bits per heavy atom. The highest BCUT2D eigenvalue weighted by molar-refractivity contribution is 7.10. The molecule has 0 saturated carbocycles. The van der Waals surface area contributed by atoms with Gasteiger partial charge in [0.2, 0.25) is 5.91 Å². The average Bonchev–Trinajstić information content (AvgIpc) is 3.20. The van der Waals surface area contributed by atoms with Gasteiger partial charge in [-0.05, 0) is 62.6 Å². The Labute approximate surface area is 177 Å². The second kappa shape index (κ2) is 11.0. The van der Waals surface area contributed by atoms with Crippen molar-refractivity contribution in [2.24, 2.45) is 5.92 Å². The molecule has 2 amide bonds. The molecule has 0 aliphatic rings. The number of hydrogen-bond donors (Lipinski definition) is 2. The van der Waals surface area contributed by atoms with Crippen LogP contribution in [0.4, 0.5) is 0 Å². The summed E-state index contributed by atoms with van der Waals surface area (Å²) in [6.45, 7) is 6.80. The van der Waals surface area contributed by atoms with Crippen molar-refractivity contribution in [3.63, 3.8) is 0 Å². The predicted octanol–water partition coefficient (Wildman–Crippen LogP) is 3.32. The van der Waals surface area contributed by atoms with E-state index in [9.17, 15) is 9.59 Å². The summed E-state index contributed by atoms with van der Waals surface area (Å²) in [6, 6.07) is 10.5. The third-order valence-electron chi connectivity index (χ3n) is 4.63. The van der Waals surface area contributed by atoms with Crippen molar-refractivity contribution in [2.75, 3.05) is 27.2 Å². The first-order chi connectivity index (χ1) is 13.8. The number of nitrogens with zero attached hydrogens (tertiary/aromatic N) is 1. The topological polar surface area (TPSA) is 70.7 Å². The van der Waals surface area contributed by atoms with Crippen LogP contribution in [-0.4, -0.2) is 50.0 Å². The molecular formula is C22H31N3O3S. The van der Waals surface area contributed by atoms with Crippen molar-refractivity contribution in [3.05, 3.63) is 52.2 Å². The highest BCUT2D eigenvalue weighted by atomic mass is 32.1. The number of hydrogen-bond acceptors (Lipinski definition) is 5. The van der Waals surface area contributed by atoms with E-state index >= 15 is 0 Å². The first kappa shape index (κ1) is 22.9. The van der Waals surface area contributed by atoms with Crippen molar-refractivity contribution in [3.8, 4) is 5.75 Å². The number of carbonyl (C=O) groups excluding carboxylic acids is 2. The molecule has 1 heterocycles. The van der Waals surface area contributed by atoms with Crippen molar-refractivity contribution in [1.29, 1.82) is 0 Å². The average molecular weight is 418 g/mol.